The molecule has 5 nitrogen and oxygen atoms in total. The molecule has 1 saturated heterocycles. The van der Waals surface area contributed by atoms with Gasteiger partial charge in [-0.3, -0.25) is 4.79 Å². The molecule has 1 aromatic carbocycles. The third kappa shape index (κ3) is 2.30. The van der Waals surface area contributed by atoms with Gasteiger partial charge in [-0.15, -0.1) is 0 Å². The van der Waals surface area contributed by atoms with E-state index < -0.39 is 27.3 Å². The molecule has 0 radical (unpaired) electrons. The molecule has 1 unspecified atom stereocenters. The van der Waals surface area contributed by atoms with Crippen LogP contribution in [0.15, 0.2) is 23.1 Å². The van der Waals surface area contributed by atoms with Gasteiger partial charge in [0.1, 0.15) is 11.4 Å². The Balaban J connectivity index is 2.49. The third-order valence-electron chi connectivity index (χ3n) is 3.52. The summed E-state index contributed by atoms with van der Waals surface area (Å²) < 4.78 is 39.3. The molecule has 0 saturated carbocycles. The molecule has 0 spiro atoms. The highest BCUT2D eigenvalue weighted by molar-refractivity contribution is 7.89. The maximum atomic E-state index is 13.4. The summed E-state index contributed by atoms with van der Waals surface area (Å²) in [7, 11) is -4.08. The highest BCUT2D eigenvalue weighted by Gasteiger charge is 2.49. The monoisotopic (exact) mass is 321 g/mol. The van der Waals surface area contributed by atoms with Crippen LogP contribution in [0, 0.1) is 5.82 Å². The SMILES string of the molecule is CC1(C(=O)O)CCCN1S(=O)(=O)c1ccc(Cl)c(F)c1. The van der Waals surface area contributed by atoms with E-state index in [2.05, 4.69) is 0 Å². The Kier molecular flexibility index (Phi) is 3.79. The first-order valence-electron chi connectivity index (χ1n) is 5.91. The van der Waals surface area contributed by atoms with Crippen LogP contribution in [0.4, 0.5) is 4.39 Å². The van der Waals surface area contributed by atoms with E-state index in [1.807, 2.05) is 0 Å². The molecule has 1 aliphatic heterocycles. The molecule has 2 rings (SSSR count). The van der Waals surface area contributed by atoms with Crippen molar-refractivity contribution in [2.24, 2.45) is 0 Å². The van der Waals surface area contributed by atoms with Gasteiger partial charge in [0.25, 0.3) is 0 Å². The summed E-state index contributed by atoms with van der Waals surface area (Å²) in [5.74, 6) is -2.07. The number of carboxylic acid groups (broad SMARTS) is 1. The average Bonchev–Trinajstić information content (AvgIpc) is 2.77. The number of carboxylic acids is 1. The van der Waals surface area contributed by atoms with E-state index in [1.165, 1.54) is 13.0 Å². The lowest BCUT2D eigenvalue weighted by Gasteiger charge is -2.30. The van der Waals surface area contributed by atoms with Crippen LogP contribution in [-0.2, 0) is 14.8 Å². The predicted molar refractivity (Wildman–Crippen MR) is 70.6 cm³/mol. The number of rotatable bonds is 3. The maximum absolute atomic E-state index is 13.4. The van der Waals surface area contributed by atoms with Gasteiger partial charge in [0.15, 0.2) is 0 Å². The summed E-state index contributed by atoms with van der Waals surface area (Å²) in [6.07, 6.45) is 0.662. The van der Waals surface area contributed by atoms with Gasteiger partial charge < -0.3 is 5.11 Å². The standard InChI is InChI=1S/C12H13ClFNO4S/c1-12(11(16)17)5-2-6-15(12)20(18,19)8-3-4-9(13)10(14)7-8/h3-4,7H,2,5-6H2,1H3,(H,16,17). The van der Waals surface area contributed by atoms with Gasteiger partial charge in [0.2, 0.25) is 10.0 Å². The molecule has 20 heavy (non-hydrogen) atoms. The smallest absolute Gasteiger partial charge is 0.324 e. The van der Waals surface area contributed by atoms with E-state index in [9.17, 15) is 22.7 Å². The lowest BCUT2D eigenvalue weighted by Crippen LogP contribution is -2.50. The number of aliphatic carboxylic acids is 1. The molecule has 1 aliphatic rings. The van der Waals surface area contributed by atoms with Crippen molar-refractivity contribution in [2.75, 3.05) is 6.54 Å². The summed E-state index contributed by atoms with van der Waals surface area (Å²) in [5.41, 5.74) is -1.51. The van der Waals surface area contributed by atoms with Gasteiger partial charge >= 0.3 is 5.97 Å². The molecular formula is C12H13ClFNO4S. The van der Waals surface area contributed by atoms with Crippen LogP contribution < -0.4 is 0 Å². The Morgan fingerprint density at radius 3 is 2.70 bits per heavy atom. The molecule has 1 atom stereocenters. The summed E-state index contributed by atoms with van der Waals surface area (Å²) >= 11 is 5.52. The quantitative estimate of drug-likeness (QED) is 0.925. The molecule has 0 amide bonds. The Labute approximate surface area is 121 Å². The predicted octanol–water partition coefficient (Wildman–Crippen LogP) is 2.11. The second-order valence-corrected chi connectivity index (χ2v) is 7.11. The van der Waals surface area contributed by atoms with E-state index >= 15 is 0 Å². The fourth-order valence-corrected chi connectivity index (χ4v) is 4.24. The largest absolute Gasteiger partial charge is 0.480 e. The summed E-state index contributed by atoms with van der Waals surface area (Å²) in [5, 5.41) is 9.06. The summed E-state index contributed by atoms with van der Waals surface area (Å²) in [4.78, 5) is 11.0. The Bertz CT molecular complexity index is 663. The minimum absolute atomic E-state index is 0.0926. The zero-order valence-electron chi connectivity index (χ0n) is 10.6. The zero-order chi connectivity index (χ0) is 15.1. The van der Waals surface area contributed by atoms with Gasteiger partial charge in [-0.25, -0.2) is 12.8 Å². The summed E-state index contributed by atoms with van der Waals surface area (Å²) in [6.45, 7) is 1.45. The molecule has 1 aromatic rings. The van der Waals surface area contributed by atoms with Gasteiger partial charge in [-0.1, -0.05) is 11.6 Å². The number of sulfonamides is 1. The fraction of sp³-hybridized carbons (Fsp3) is 0.417. The summed E-state index contributed by atoms with van der Waals surface area (Å²) in [6, 6.07) is 3.11. The van der Waals surface area contributed by atoms with Crippen molar-refractivity contribution in [3.05, 3.63) is 29.0 Å². The second kappa shape index (κ2) is 4.98. The van der Waals surface area contributed by atoms with Crippen LogP contribution >= 0.6 is 11.6 Å². The Hall–Kier alpha value is -1.18. The van der Waals surface area contributed by atoms with Crippen LogP contribution in [0.5, 0.6) is 0 Å². The fourth-order valence-electron chi connectivity index (χ4n) is 2.30. The first-order chi connectivity index (χ1) is 9.19. The highest BCUT2D eigenvalue weighted by Crippen LogP contribution is 2.35. The van der Waals surface area contributed by atoms with E-state index in [0.29, 0.717) is 6.42 Å². The third-order valence-corrected chi connectivity index (χ3v) is 5.84. The van der Waals surface area contributed by atoms with Crippen molar-refractivity contribution in [1.29, 1.82) is 0 Å². The first-order valence-corrected chi connectivity index (χ1v) is 7.73. The molecule has 8 heteroatoms. The van der Waals surface area contributed by atoms with Crippen molar-refractivity contribution in [2.45, 2.75) is 30.2 Å². The molecule has 1 heterocycles. The van der Waals surface area contributed by atoms with Crippen LogP contribution in [-0.4, -0.2) is 35.9 Å². The van der Waals surface area contributed by atoms with Crippen LogP contribution in [0.1, 0.15) is 19.8 Å². The van der Waals surface area contributed by atoms with Crippen LogP contribution in [0.2, 0.25) is 5.02 Å². The normalized spacial score (nSPS) is 23.9. The molecule has 0 aromatic heterocycles. The van der Waals surface area contributed by atoms with Crippen LogP contribution in [0.25, 0.3) is 0 Å². The van der Waals surface area contributed by atoms with Gasteiger partial charge in [0.05, 0.1) is 9.92 Å². The number of carbonyl (C=O) groups is 1. The Morgan fingerprint density at radius 1 is 1.50 bits per heavy atom. The molecule has 1 N–H and O–H groups in total. The molecule has 1 fully saturated rings. The van der Waals surface area contributed by atoms with Gasteiger partial charge in [-0.2, -0.15) is 4.31 Å². The van der Waals surface area contributed by atoms with Crippen molar-refractivity contribution >= 4 is 27.6 Å². The van der Waals surface area contributed by atoms with Crippen molar-refractivity contribution < 1.29 is 22.7 Å². The van der Waals surface area contributed by atoms with E-state index in [-0.39, 0.29) is 22.9 Å². The van der Waals surface area contributed by atoms with Crippen molar-refractivity contribution in [3.8, 4) is 0 Å². The lowest BCUT2D eigenvalue weighted by molar-refractivity contribution is -0.146. The Morgan fingerprint density at radius 2 is 2.15 bits per heavy atom. The van der Waals surface area contributed by atoms with Gasteiger partial charge in [-0.05, 0) is 38.0 Å². The van der Waals surface area contributed by atoms with Crippen molar-refractivity contribution in [1.82, 2.24) is 4.31 Å². The highest BCUT2D eigenvalue weighted by atomic mass is 35.5. The average molecular weight is 322 g/mol. The maximum Gasteiger partial charge on any atom is 0.324 e. The topological polar surface area (TPSA) is 74.7 Å². The van der Waals surface area contributed by atoms with Crippen molar-refractivity contribution in [3.63, 3.8) is 0 Å². The van der Waals surface area contributed by atoms with E-state index in [4.69, 9.17) is 11.6 Å². The first kappa shape index (κ1) is 15.2. The van der Waals surface area contributed by atoms with Crippen LogP contribution in [0.3, 0.4) is 0 Å². The van der Waals surface area contributed by atoms with E-state index in [0.717, 1.165) is 16.4 Å². The minimum atomic E-state index is -4.08. The number of benzene rings is 1. The molecule has 0 bridgehead atoms. The van der Waals surface area contributed by atoms with Gasteiger partial charge in [0, 0.05) is 6.54 Å². The second-order valence-electron chi connectivity index (χ2n) is 4.84. The number of halogens is 2. The molecule has 0 aliphatic carbocycles. The number of hydrogen-bond donors (Lipinski definition) is 1. The molecule has 110 valence electrons. The zero-order valence-corrected chi connectivity index (χ0v) is 12.2. The number of hydrogen-bond acceptors (Lipinski definition) is 3. The molecular weight excluding hydrogens is 309 g/mol. The van der Waals surface area contributed by atoms with E-state index in [1.54, 1.807) is 0 Å². The number of nitrogens with zero attached hydrogens (tertiary/aromatic N) is 1. The minimum Gasteiger partial charge on any atom is -0.480 e. The lowest BCUT2D eigenvalue weighted by atomic mass is 10.0.